The van der Waals surface area contributed by atoms with Crippen LogP contribution in [0.25, 0.3) is 92.2 Å². The monoisotopic (exact) mass is 922 g/mol. The van der Waals surface area contributed by atoms with Crippen molar-refractivity contribution < 1.29 is 4.42 Å². The van der Waals surface area contributed by atoms with Crippen LogP contribution in [0.15, 0.2) is 150 Å². The first-order chi connectivity index (χ1) is 33.6. The Morgan fingerprint density at radius 1 is 0.600 bits per heavy atom. The average molecular weight is 923 g/mol. The highest BCUT2D eigenvalue weighted by molar-refractivity contribution is 7.22. The molecule has 340 valence electrons. The summed E-state index contributed by atoms with van der Waals surface area (Å²) in [7, 11) is 0. The minimum atomic E-state index is -0.185. The van der Waals surface area contributed by atoms with E-state index in [1.54, 1.807) is 0 Å². The fraction of sp³-hybridized carbons (Fsp3) is 0.231. The van der Waals surface area contributed by atoms with E-state index in [0.717, 1.165) is 24.0 Å². The number of nitrogens with zero attached hydrogens (tertiary/aromatic N) is 2. The van der Waals surface area contributed by atoms with Crippen LogP contribution in [0.1, 0.15) is 103 Å². The third-order valence-electron chi connectivity index (χ3n) is 17.6. The molecule has 3 aromatic heterocycles. The van der Waals surface area contributed by atoms with Gasteiger partial charge < -0.3 is 13.8 Å². The highest BCUT2D eigenvalue weighted by atomic mass is 32.1. The lowest BCUT2D eigenvalue weighted by Gasteiger charge is -2.43. The largest absolute Gasteiger partial charge is 0.455 e. The van der Waals surface area contributed by atoms with Gasteiger partial charge in [-0.25, -0.2) is 0 Å². The summed E-state index contributed by atoms with van der Waals surface area (Å²) in [6.45, 7) is 21.5. The lowest BCUT2D eigenvalue weighted by Crippen LogP contribution is -2.60. The lowest BCUT2D eigenvalue weighted by molar-refractivity contribution is 0.332. The number of fused-ring (bicyclic) bond motifs is 18. The van der Waals surface area contributed by atoms with E-state index < -0.39 is 0 Å². The topological polar surface area (TPSA) is 21.3 Å². The highest BCUT2D eigenvalue weighted by Gasteiger charge is 2.49. The Labute approximate surface area is 414 Å². The summed E-state index contributed by atoms with van der Waals surface area (Å²) in [6.07, 6.45) is 2.32. The Morgan fingerprint density at radius 3 is 2.09 bits per heavy atom. The average Bonchev–Trinajstić information content (AvgIpc) is 4.10. The van der Waals surface area contributed by atoms with E-state index >= 15 is 0 Å². The number of benzene rings is 8. The third-order valence-corrected chi connectivity index (χ3v) is 18.7. The van der Waals surface area contributed by atoms with Gasteiger partial charge in [-0.3, -0.25) is 0 Å². The molecule has 0 amide bonds. The van der Waals surface area contributed by atoms with Crippen molar-refractivity contribution in [3.8, 4) is 38.4 Å². The van der Waals surface area contributed by atoms with Crippen LogP contribution < -0.4 is 15.7 Å². The molecule has 70 heavy (non-hydrogen) atoms. The van der Waals surface area contributed by atoms with Gasteiger partial charge in [-0.05, 0) is 145 Å². The molecule has 11 aromatic rings. The number of para-hydroxylation sites is 1. The molecule has 2 aliphatic heterocycles. The minimum Gasteiger partial charge on any atom is -0.455 e. The van der Waals surface area contributed by atoms with E-state index in [2.05, 4.69) is 217 Å². The zero-order chi connectivity index (χ0) is 47.5. The first-order valence-corrected chi connectivity index (χ1v) is 26.2. The predicted molar refractivity (Wildman–Crippen MR) is 299 cm³/mol. The van der Waals surface area contributed by atoms with E-state index in [9.17, 15) is 0 Å². The van der Waals surface area contributed by atoms with E-state index in [0.29, 0.717) is 0 Å². The second-order valence-electron chi connectivity index (χ2n) is 23.9. The Kier molecular flexibility index (Phi) is 7.81. The molecule has 0 fully saturated rings. The maximum Gasteiger partial charge on any atom is 0.333 e. The molecule has 0 saturated heterocycles. The lowest BCUT2D eigenvalue weighted by atomic mass is 9.43. The molecule has 5 heteroatoms. The van der Waals surface area contributed by atoms with E-state index in [-0.39, 0.29) is 28.5 Å². The van der Waals surface area contributed by atoms with Crippen molar-refractivity contribution in [2.45, 2.75) is 96.8 Å². The van der Waals surface area contributed by atoms with Gasteiger partial charge in [-0.2, -0.15) is 0 Å². The second kappa shape index (κ2) is 13.3. The van der Waals surface area contributed by atoms with Gasteiger partial charge in [-0.15, -0.1) is 11.3 Å². The number of thiophene rings is 1. The summed E-state index contributed by atoms with van der Waals surface area (Å²) in [5.74, 6) is 0. The molecule has 3 nitrogen and oxygen atoms in total. The number of aromatic nitrogens is 1. The summed E-state index contributed by atoms with van der Waals surface area (Å²) >= 11 is 1.91. The Bertz CT molecular complexity index is 4130. The molecular formula is C65H55BN2OS. The van der Waals surface area contributed by atoms with E-state index in [1.165, 1.54) is 131 Å². The van der Waals surface area contributed by atoms with Gasteiger partial charge in [0.25, 0.3) is 0 Å². The van der Waals surface area contributed by atoms with Gasteiger partial charge in [0.05, 0.1) is 11.0 Å². The Morgan fingerprint density at radius 2 is 1.31 bits per heavy atom. The van der Waals surface area contributed by atoms with Crippen molar-refractivity contribution in [3.05, 3.63) is 173 Å². The molecule has 4 aliphatic rings. The third kappa shape index (κ3) is 5.21. The van der Waals surface area contributed by atoms with Crippen molar-refractivity contribution >= 4 is 94.3 Å². The maximum atomic E-state index is 7.44. The molecule has 15 rings (SSSR count). The molecule has 2 aliphatic carbocycles. The second-order valence-corrected chi connectivity index (χ2v) is 25.0. The fourth-order valence-electron chi connectivity index (χ4n) is 13.7. The van der Waals surface area contributed by atoms with Gasteiger partial charge in [-0.1, -0.05) is 153 Å². The predicted octanol–water partition coefficient (Wildman–Crippen LogP) is 16.8. The summed E-state index contributed by atoms with van der Waals surface area (Å²) in [6, 6.07) is 56.3. The molecule has 0 atom stereocenters. The highest BCUT2D eigenvalue weighted by Crippen LogP contribution is 2.58. The molecule has 0 radical (unpaired) electrons. The van der Waals surface area contributed by atoms with Crippen LogP contribution in [0.2, 0.25) is 0 Å². The van der Waals surface area contributed by atoms with E-state index in [4.69, 9.17) is 4.42 Å². The number of furan rings is 1. The van der Waals surface area contributed by atoms with Crippen LogP contribution in [0.5, 0.6) is 0 Å². The molecular weight excluding hydrogens is 868 g/mol. The number of anilines is 2. The van der Waals surface area contributed by atoms with Gasteiger partial charge >= 0.3 is 6.85 Å². The molecule has 5 heterocycles. The molecule has 0 spiro atoms. The summed E-state index contributed by atoms with van der Waals surface area (Å²) in [4.78, 5) is 4.02. The van der Waals surface area contributed by atoms with Crippen LogP contribution >= 0.6 is 11.3 Å². The first-order valence-electron chi connectivity index (χ1n) is 25.4. The van der Waals surface area contributed by atoms with Crippen molar-refractivity contribution in [3.63, 3.8) is 0 Å². The van der Waals surface area contributed by atoms with Gasteiger partial charge in [0.2, 0.25) is 0 Å². The van der Waals surface area contributed by atoms with Crippen LogP contribution in [-0.2, 0) is 21.7 Å². The van der Waals surface area contributed by atoms with Crippen molar-refractivity contribution in [1.82, 2.24) is 4.57 Å². The number of hydrogen-bond donors (Lipinski definition) is 0. The zero-order valence-electron chi connectivity index (χ0n) is 41.6. The smallest absolute Gasteiger partial charge is 0.333 e. The molecule has 0 unspecified atom stereocenters. The number of rotatable bonds is 2. The SMILES string of the molecule is CC(C)(C)c1ccc(N2B3c4cc5cc(-c6ccccc6)sc5cc4-n4c5cc6c(cc5c5c7c(oc8ccccc87)c(c3c54)-c3cc4c(cc32)C(C)(C)c2ccccc2-4)C(C)(C)CCC6(C)C)cc1. The van der Waals surface area contributed by atoms with Crippen LogP contribution in [0, 0.1) is 0 Å². The summed E-state index contributed by atoms with van der Waals surface area (Å²) < 4.78 is 11.5. The Balaban J connectivity index is 1.17. The van der Waals surface area contributed by atoms with Crippen LogP contribution in [0.3, 0.4) is 0 Å². The first kappa shape index (κ1) is 41.0. The van der Waals surface area contributed by atoms with Crippen molar-refractivity contribution in [2.75, 3.05) is 4.81 Å². The normalized spacial score (nSPS) is 16.8. The number of hydrogen-bond acceptors (Lipinski definition) is 3. The molecule has 0 bridgehead atoms. The summed E-state index contributed by atoms with van der Waals surface area (Å²) in [5, 5.41) is 6.31. The van der Waals surface area contributed by atoms with Crippen LogP contribution in [0.4, 0.5) is 11.4 Å². The van der Waals surface area contributed by atoms with Gasteiger partial charge in [0.15, 0.2) is 0 Å². The standard InChI is InChI=1S/C65H55BN2OS/c1-62(2,3)38-23-25-39(26-24-38)68-51-33-46-42(40-19-13-15-21-45(40)65(46,8)9)31-43(51)58-59-60-56(57-41-20-14-16-22-53(41)69-61(57)58)44-32-47-48(64(6,7)28-27-63(47,4)5)34-50(44)67(60)52-35-55-37(29-49(52)66(59)68)30-54(70-55)36-17-11-10-12-18-36/h10-26,29-35H,27-28H2,1-9H3. The van der Waals surface area contributed by atoms with Crippen LogP contribution in [-0.4, -0.2) is 11.4 Å². The maximum absolute atomic E-state index is 7.44. The van der Waals surface area contributed by atoms with Crippen molar-refractivity contribution in [2.24, 2.45) is 0 Å². The van der Waals surface area contributed by atoms with Gasteiger partial charge in [0, 0.05) is 64.7 Å². The summed E-state index contributed by atoms with van der Waals surface area (Å²) in [5.41, 5.74) is 24.2. The molecule has 0 saturated carbocycles. The van der Waals surface area contributed by atoms with Crippen molar-refractivity contribution in [1.29, 1.82) is 0 Å². The minimum absolute atomic E-state index is 0.0162. The fourth-order valence-corrected chi connectivity index (χ4v) is 14.8. The van der Waals surface area contributed by atoms with Gasteiger partial charge in [0.1, 0.15) is 11.2 Å². The Hall–Kier alpha value is -6.82. The molecule has 8 aromatic carbocycles. The molecule has 0 N–H and O–H groups in total. The quantitative estimate of drug-likeness (QED) is 0.161. The zero-order valence-corrected chi connectivity index (χ0v) is 42.4. The van der Waals surface area contributed by atoms with E-state index in [1.807, 2.05) is 11.3 Å².